The van der Waals surface area contributed by atoms with Crippen LogP contribution in [0.5, 0.6) is 5.88 Å². The van der Waals surface area contributed by atoms with Crippen LogP contribution in [0.3, 0.4) is 0 Å². The van der Waals surface area contributed by atoms with Crippen molar-refractivity contribution in [1.29, 1.82) is 0 Å². The van der Waals surface area contributed by atoms with E-state index in [1.807, 2.05) is 0 Å². The van der Waals surface area contributed by atoms with E-state index in [0.29, 0.717) is 20.0 Å². The average Bonchev–Trinajstić information content (AvgIpc) is 2.62. The van der Waals surface area contributed by atoms with Gasteiger partial charge in [-0.2, -0.15) is 4.98 Å². The quantitative estimate of drug-likeness (QED) is 0.351. The van der Waals surface area contributed by atoms with Gasteiger partial charge in [0, 0.05) is 12.4 Å². The molecule has 0 aliphatic carbocycles. The third kappa shape index (κ3) is 12.8. The SMILES string of the molecule is C[C@@H](O)[C@@H](C)O.C[C@@H](O)[C@@H](C)Oc1nc(Cl)ncc1Br.Clc1ncc(Br)c(Cl)n1. The highest BCUT2D eigenvalue weighted by atomic mass is 79.9. The summed E-state index contributed by atoms with van der Waals surface area (Å²) >= 11 is 22.8. The highest BCUT2D eigenvalue weighted by Gasteiger charge is 2.14. The van der Waals surface area contributed by atoms with Crippen LogP contribution >= 0.6 is 66.7 Å². The van der Waals surface area contributed by atoms with Crippen LogP contribution in [-0.2, 0) is 0 Å². The number of hydrogen-bond donors (Lipinski definition) is 3. The van der Waals surface area contributed by atoms with Crippen LogP contribution in [0.4, 0.5) is 0 Å². The first-order valence-corrected chi connectivity index (χ1v) is 10.8. The molecule has 8 nitrogen and oxygen atoms in total. The molecular weight excluding hydrogens is 578 g/mol. The first-order chi connectivity index (χ1) is 13.3. The van der Waals surface area contributed by atoms with E-state index >= 15 is 0 Å². The Balaban J connectivity index is 0.000000448. The fraction of sp³-hybridized carbons (Fsp3) is 0.500. The number of aliphatic hydroxyl groups is 3. The van der Waals surface area contributed by atoms with Crippen molar-refractivity contribution in [3.8, 4) is 5.88 Å². The van der Waals surface area contributed by atoms with Crippen molar-refractivity contribution in [3.05, 3.63) is 37.1 Å². The molecule has 0 aliphatic rings. The van der Waals surface area contributed by atoms with Crippen molar-refractivity contribution in [3.63, 3.8) is 0 Å². The maximum absolute atomic E-state index is 9.23. The Morgan fingerprint density at radius 3 is 1.62 bits per heavy atom. The summed E-state index contributed by atoms with van der Waals surface area (Å²) in [6.07, 6.45) is 0.889. The molecule has 2 aromatic rings. The van der Waals surface area contributed by atoms with Gasteiger partial charge in [-0.05, 0) is 82.8 Å². The van der Waals surface area contributed by atoms with Crippen LogP contribution in [0.2, 0.25) is 15.7 Å². The molecule has 0 unspecified atom stereocenters. The third-order valence-electron chi connectivity index (χ3n) is 3.03. The van der Waals surface area contributed by atoms with E-state index in [4.69, 9.17) is 49.8 Å². The summed E-state index contributed by atoms with van der Waals surface area (Å²) in [5.74, 6) is 0.332. The summed E-state index contributed by atoms with van der Waals surface area (Å²) in [5.41, 5.74) is 0. The number of ether oxygens (including phenoxy) is 1. The minimum Gasteiger partial charge on any atom is -0.471 e. The van der Waals surface area contributed by atoms with Crippen LogP contribution in [0, 0.1) is 0 Å². The van der Waals surface area contributed by atoms with Gasteiger partial charge in [-0.25, -0.2) is 15.0 Å². The summed E-state index contributed by atoms with van der Waals surface area (Å²) in [6.45, 7) is 6.48. The number of rotatable bonds is 4. The lowest BCUT2D eigenvalue weighted by atomic mass is 10.3. The van der Waals surface area contributed by atoms with Gasteiger partial charge in [-0.3, -0.25) is 0 Å². The number of hydrogen-bond acceptors (Lipinski definition) is 8. The van der Waals surface area contributed by atoms with E-state index in [2.05, 4.69) is 51.8 Å². The minimum absolute atomic E-state index is 0.112. The molecule has 0 radical (unpaired) electrons. The monoisotopic (exact) mass is 596 g/mol. The highest BCUT2D eigenvalue weighted by Crippen LogP contribution is 2.24. The number of aliphatic hydroxyl groups excluding tert-OH is 3. The maximum Gasteiger partial charge on any atom is 0.232 e. The Bertz CT molecular complexity index is 752. The molecule has 29 heavy (non-hydrogen) atoms. The maximum atomic E-state index is 9.23. The lowest BCUT2D eigenvalue weighted by molar-refractivity contribution is 0.0438. The first-order valence-electron chi connectivity index (χ1n) is 8.07. The van der Waals surface area contributed by atoms with Gasteiger partial charge in [-0.15, -0.1) is 0 Å². The van der Waals surface area contributed by atoms with Crippen molar-refractivity contribution in [2.45, 2.75) is 52.1 Å². The standard InChI is InChI=1S/C8H10BrClN2O2.C4HBrCl2N2.C4H10O2/c1-4(13)5(2)14-7-6(9)3-11-8(10)12-7;5-2-1-8-4(7)9-3(2)6;1-3(5)4(2)6/h3-5,13H,1-2H3;1H;3-6H,1-2H3/t4-,5-;;3-,4-/m1.1/s1. The normalized spacial score (nSPS) is 14.3. The van der Waals surface area contributed by atoms with Gasteiger partial charge in [0.05, 0.1) is 27.3 Å². The lowest BCUT2D eigenvalue weighted by Crippen LogP contribution is -2.26. The van der Waals surface area contributed by atoms with Gasteiger partial charge >= 0.3 is 0 Å². The molecule has 13 heteroatoms. The van der Waals surface area contributed by atoms with Gasteiger partial charge in [-0.1, -0.05) is 11.6 Å². The molecule has 2 heterocycles. The highest BCUT2D eigenvalue weighted by molar-refractivity contribution is 9.10. The zero-order valence-electron chi connectivity index (χ0n) is 15.9. The molecule has 3 N–H and O–H groups in total. The molecule has 0 aromatic carbocycles. The number of halogens is 5. The van der Waals surface area contributed by atoms with Crippen LogP contribution in [0.15, 0.2) is 21.3 Å². The van der Waals surface area contributed by atoms with E-state index in [-0.39, 0.29) is 16.7 Å². The topological polar surface area (TPSA) is 121 Å². The van der Waals surface area contributed by atoms with Gasteiger partial charge < -0.3 is 20.1 Å². The Labute approximate surface area is 200 Å². The molecule has 0 spiro atoms. The van der Waals surface area contributed by atoms with Crippen molar-refractivity contribution >= 4 is 66.7 Å². The van der Waals surface area contributed by atoms with Crippen LogP contribution in [-0.4, -0.2) is 59.7 Å². The zero-order valence-corrected chi connectivity index (χ0v) is 21.3. The van der Waals surface area contributed by atoms with Crippen molar-refractivity contribution < 1.29 is 20.1 Å². The Hall–Kier alpha value is -0.330. The van der Waals surface area contributed by atoms with Gasteiger partial charge in [0.2, 0.25) is 16.4 Å². The molecule has 0 saturated heterocycles. The second-order valence-corrected chi connectivity index (χ2v) is 8.36. The molecule has 0 fully saturated rings. The average molecular weight is 600 g/mol. The van der Waals surface area contributed by atoms with Gasteiger partial charge in [0.1, 0.15) is 11.3 Å². The van der Waals surface area contributed by atoms with Crippen LogP contribution in [0.1, 0.15) is 27.7 Å². The number of nitrogens with zero attached hydrogens (tertiary/aromatic N) is 4. The molecule has 164 valence electrons. The molecule has 0 bridgehead atoms. The molecule has 2 aromatic heterocycles. The molecule has 4 atom stereocenters. The largest absolute Gasteiger partial charge is 0.471 e. The van der Waals surface area contributed by atoms with Crippen molar-refractivity contribution in [2.24, 2.45) is 0 Å². The summed E-state index contributed by atoms with van der Waals surface area (Å²) in [7, 11) is 0. The molecule has 2 rings (SSSR count). The fourth-order valence-corrected chi connectivity index (χ4v) is 1.92. The second kappa shape index (κ2) is 14.6. The minimum atomic E-state index is -0.593. The fourth-order valence-electron chi connectivity index (χ4n) is 1.01. The zero-order chi connectivity index (χ0) is 22.7. The second-order valence-electron chi connectivity index (χ2n) is 5.61. The van der Waals surface area contributed by atoms with Crippen LogP contribution < -0.4 is 4.74 Å². The Morgan fingerprint density at radius 2 is 1.24 bits per heavy atom. The summed E-state index contributed by atoms with van der Waals surface area (Å²) < 4.78 is 6.61. The van der Waals surface area contributed by atoms with Gasteiger partial charge in [0.25, 0.3) is 0 Å². The van der Waals surface area contributed by atoms with E-state index in [1.54, 1.807) is 27.7 Å². The van der Waals surface area contributed by atoms with E-state index in [0.717, 1.165) is 0 Å². The predicted molar refractivity (Wildman–Crippen MR) is 120 cm³/mol. The summed E-state index contributed by atoms with van der Waals surface area (Å²) in [5, 5.41) is 26.6. The molecule has 0 amide bonds. The molecule has 0 aliphatic heterocycles. The Morgan fingerprint density at radius 1 is 0.793 bits per heavy atom. The summed E-state index contributed by atoms with van der Waals surface area (Å²) in [4.78, 5) is 14.9. The first kappa shape index (κ1) is 28.7. The summed E-state index contributed by atoms with van der Waals surface area (Å²) in [6, 6.07) is 0. The third-order valence-corrected chi connectivity index (χ3v) is 5.03. The van der Waals surface area contributed by atoms with Crippen LogP contribution in [0.25, 0.3) is 0 Å². The molecular formula is C16H21Br2Cl3N4O4. The van der Waals surface area contributed by atoms with Gasteiger partial charge in [0.15, 0.2) is 0 Å². The number of aromatic nitrogens is 4. The van der Waals surface area contributed by atoms with E-state index in [1.165, 1.54) is 12.4 Å². The lowest BCUT2D eigenvalue weighted by Gasteiger charge is -2.16. The smallest absolute Gasteiger partial charge is 0.232 e. The molecule has 0 saturated carbocycles. The van der Waals surface area contributed by atoms with Crippen molar-refractivity contribution in [1.82, 2.24) is 19.9 Å². The predicted octanol–water partition coefficient (Wildman–Crippen LogP) is 4.33. The Kier molecular flexibility index (Phi) is 14.5. The van der Waals surface area contributed by atoms with E-state index in [9.17, 15) is 5.11 Å². The van der Waals surface area contributed by atoms with Crippen molar-refractivity contribution in [2.75, 3.05) is 0 Å². The van der Waals surface area contributed by atoms with E-state index < -0.39 is 18.3 Å².